The standard InChI is InChI=1S/C34H42ClN3O4S/c1-26-18-20-28(21-19-26)25-37(33(39)17-10-22-38(43(2,41)42)31-16-9-13-29(35)24-31)32(23-27-11-5-3-6-12-27)34(40)36-30-14-7-4-8-15-30/h3,5-6,9,11-13,16,18-21,24,30,32H,4,7-8,10,14-15,17,22-23,25H2,1-2H3,(H,36,40). The number of carbonyl (C=O) groups is 2. The van der Waals surface area contributed by atoms with Crippen molar-refractivity contribution >= 4 is 39.1 Å². The molecule has 1 fully saturated rings. The molecule has 0 saturated heterocycles. The molecule has 0 heterocycles. The highest BCUT2D eigenvalue weighted by Crippen LogP contribution is 2.24. The number of sulfonamides is 1. The molecule has 43 heavy (non-hydrogen) atoms. The minimum atomic E-state index is -3.61. The summed E-state index contributed by atoms with van der Waals surface area (Å²) in [5, 5.41) is 3.69. The Labute approximate surface area is 261 Å². The number of halogens is 1. The van der Waals surface area contributed by atoms with Gasteiger partial charge in [-0.25, -0.2) is 8.42 Å². The summed E-state index contributed by atoms with van der Waals surface area (Å²) >= 11 is 6.13. The summed E-state index contributed by atoms with van der Waals surface area (Å²) in [6.45, 7) is 2.40. The van der Waals surface area contributed by atoms with Crippen molar-refractivity contribution in [2.24, 2.45) is 0 Å². The van der Waals surface area contributed by atoms with Crippen molar-refractivity contribution in [3.05, 3.63) is 101 Å². The SMILES string of the molecule is Cc1ccc(CN(C(=O)CCCN(c2cccc(Cl)c2)S(C)(=O)=O)C(Cc2ccccc2)C(=O)NC2CCCCC2)cc1. The van der Waals surface area contributed by atoms with E-state index in [1.807, 2.05) is 61.5 Å². The van der Waals surface area contributed by atoms with Crippen molar-refractivity contribution in [3.63, 3.8) is 0 Å². The van der Waals surface area contributed by atoms with Gasteiger partial charge in [0, 0.05) is 37.0 Å². The molecule has 3 aromatic rings. The first-order chi connectivity index (χ1) is 20.6. The third kappa shape index (κ3) is 9.83. The second-order valence-corrected chi connectivity index (χ2v) is 13.8. The molecule has 1 saturated carbocycles. The Hall–Kier alpha value is -3.36. The first-order valence-electron chi connectivity index (χ1n) is 15.0. The Kier molecular flexibility index (Phi) is 11.7. The van der Waals surface area contributed by atoms with E-state index in [0.29, 0.717) is 17.1 Å². The molecular weight excluding hydrogens is 582 g/mol. The van der Waals surface area contributed by atoms with Gasteiger partial charge < -0.3 is 10.2 Å². The van der Waals surface area contributed by atoms with Gasteiger partial charge in [-0.2, -0.15) is 0 Å². The second kappa shape index (κ2) is 15.4. The van der Waals surface area contributed by atoms with E-state index in [4.69, 9.17) is 11.6 Å². The third-order valence-corrected chi connectivity index (χ3v) is 9.37. The number of carbonyl (C=O) groups excluding carboxylic acids is 2. The molecule has 0 radical (unpaired) electrons. The van der Waals surface area contributed by atoms with Crippen LogP contribution in [0.3, 0.4) is 0 Å². The minimum absolute atomic E-state index is 0.0838. The van der Waals surface area contributed by atoms with E-state index in [1.54, 1.807) is 29.2 Å². The predicted octanol–water partition coefficient (Wildman–Crippen LogP) is 6.28. The van der Waals surface area contributed by atoms with E-state index in [2.05, 4.69) is 5.32 Å². The molecule has 0 spiro atoms. The van der Waals surface area contributed by atoms with Crippen molar-refractivity contribution in [1.29, 1.82) is 0 Å². The van der Waals surface area contributed by atoms with Crippen molar-refractivity contribution in [2.75, 3.05) is 17.1 Å². The van der Waals surface area contributed by atoms with Gasteiger partial charge in [0.15, 0.2) is 0 Å². The number of nitrogens with one attached hydrogen (secondary N) is 1. The fraction of sp³-hybridized carbons (Fsp3) is 0.412. The Morgan fingerprint density at radius 2 is 1.63 bits per heavy atom. The summed E-state index contributed by atoms with van der Waals surface area (Å²) in [5.41, 5.74) is 3.46. The van der Waals surface area contributed by atoms with Gasteiger partial charge in [0.25, 0.3) is 0 Å². The van der Waals surface area contributed by atoms with Crippen LogP contribution >= 0.6 is 11.6 Å². The van der Waals surface area contributed by atoms with Gasteiger partial charge in [0.1, 0.15) is 6.04 Å². The molecular formula is C34H42ClN3O4S. The molecule has 0 bridgehead atoms. The Bertz CT molecular complexity index is 1460. The maximum absolute atomic E-state index is 14.0. The molecule has 9 heteroatoms. The zero-order chi connectivity index (χ0) is 30.8. The maximum atomic E-state index is 14.0. The van der Waals surface area contributed by atoms with Crippen LogP contribution in [0.4, 0.5) is 5.69 Å². The highest BCUT2D eigenvalue weighted by atomic mass is 35.5. The Morgan fingerprint density at radius 1 is 0.930 bits per heavy atom. The lowest BCUT2D eigenvalue weighted by Crippen LogP contribution is -2.52. The molecule has 0 aromatic heterocycles. The van der Waals surface area contributed by atoms with Gasteiger partial charge >= 0.3 is 0 Å². The molecule has 1 unspecified atom stereocenters. The molecule has 4 rings (SSSR count). The van der Waals surface area contributed by atoms with Gasteiger partial charge in [-0.15, -0.1) is 0 Å². The van der Waals surface area contributed by atoms with Crippen LogP contribution in [0.15, 0.2) is 78.9 Å². The largest absolute Gasteiger partial charge is 0.352 e. The summed E-state index contributed by atoms with van der Waals surface area (Å²) in [6, 6.07) is 23.8. The van der Waals surface area contributed by atoms with E-state index in [9.17, 15) is 18.0 Å². The number of anilines is 1. The Morgan fingerprint density at radius 3 is 2.28 bits per heavy atom. The summed E-state index contributed by atoms with van der Waals surface area (Å²) in [6.07, 6.45) is 7.14. The smallest absolute Gasteiger partial charge is 0.243 e. The van der Waals surface area contributed by atoms with E-state index in [-0.39, 0.29) is 43.8 Å². The van der Waals surface area contributed by atoms with E-state index < -0.39 is 16.1 Å². The summed E-state index contributed by atoms with van der Waals surface area (Å²) in [4.78, 5) is 29.6. The second-order valence-electron chi connectivity index (χ2n) is 11.5. The quantitative estimate of drug-likeness (QED) is 0.243. The number of nitrogens with zero attached hydrogens (tertiary/aromatic N) is 2. The number of benzene rings is 3. The molecule has 1 aliphatic rings. The lowest BCUT2D eigenvalue weighted by Gasteiger charge is -2.34. The number of aryl methyl sites for hydroxylation is 1. The first kappa shape index (κ1) is 32.6. The number of hydrogen-bond donors (Lipinski definition) is 1. The van der Waals surface area contributed by atoms with Crippen LogP contribution in [-0.4, -0.2) is 50.0 Å². The van der Waals surface area contributed by atoms with Crippen LogP contribution in [0.5, 0.6) is 0 Å². The van der Waals surface area contributed by atoms with Crippen molar-refractivity contribution in [1.82, 2.24) is 10.2 Å². The van der Waals surface area contributed by atoms with Gasteiger partial charge in [-0.05, 0) is 55.5 Å². The average molecular weight is 624 g/mol. The summed E-state index contributed by atoms with van der Waals surface area (Å²) < 4.78 is 26.6. The van der Waals surface area contributed by atoms with Crippen LogP contribution < -0.4 is 9.62 Å². The summed E-state index contributed by atoms with van der Waals surface area (Å²) in [7, 11) is -3.61. The van der Waals surface area contributed by atoms with Crippen LogP contribution in [-0.2, 0) is 32.6 Å². The lowest BCUT2D eigenvalue weighted by atomic mass is 9.94. The van der Waals surface area contributed by atoms with Crippen molar-refractivity contribution < 1.29 is 18.0 Å². The fourth-order valence-electron chi connectivity index (χ4n) is 5.62. The van der Waals surface area contributed by atoms with Gasteiger partial charge in [0.2, 0.25) is 21.8 Å². The number of hydrogen-bond acceptors (Lipinski definition) is 4. The molecule has 1 atom stereocenters. The van der Waals surface area contributed by atoms with E-state index in [1.165, 1.54) is 10.7 Å². The zero-order valence-corrected chi connectivity index (χ0v) is 26.6. The van der Waals surface area contributed by atoms with E-state index >= 15 is 0 Å². The Balaban J connectivity index is 1.58. The molecule has 3 aromatic carbocycles. The van der Waals surface area contributed by atoms with Crippen molar-refractivity contribution in [3.8, 4) is 0 Å². The highest BCUT2D eigenvalue weighted by Gasteiger charge is 2.32. The lowest BCUT2D eigenvalue weighted by molar-refractivity contribution is -0.141. The molecule has 1 aliphatic carbocycles. The van der Waals surface area contributed by atoms with Crippen LogP contribution in [0, 0.1) is 6.92 Å². The number of rotatable bonds is 13. The minimum Gasteiger partial charge on any atom is -0.352 e. The van der Waals surface area contributed by atoms with E-state index in [0.717, 1.165) is 48.6 Å². The zero-order valence-electron chi connectivity index (χ0n) is 25.0. The molecule has 7 nitrogen and oxygen atoms in total. The van der Waals surface area contributed by atoms with Crippen LogP contribution in [0.1, 0.15) is 61.6 Å². The summed E-state index contributed by atoms with van der Waals surface area (Å²) in [5.74, 6) is -0.340. The van der Waals surface area contributed by atoms with Gasteiger partial charge in [-0.3, -0.25) is 13.9 Å². The fourth-order valence-corrected chi connectivity index (χ4v) is 6.77. The average Bonchev–Trinajstić information content (AvgIpc) is 2.98. The van der Waals surface area contributed by atoms with Crippen LogP contribution in [0.25, 0.3) is 0 Å². The monoisotopic (exact) mass is 623 g/mol. The molecule has 0 aliphatic heterocycles. The topological polar surface area (TPSA) is 86.8 Å². The third-order valence-electron chi connectivity index (χ3n) is 7.94. The van der Waals surface area contributed by atoms with Crippen LogP contribution in [0.2, 0.25) is 5.02 Å². The highest BCUT2D eigenvalue weighted by molar-refractivity contribution is 7.92. The molecule has 2 amide bonds. The molecule has 1 N–H and O–H groups in total. The first-order valence-corrected chi connectivity index (χ1v) is 17.3. The molecule has 230 valence electrons. The van der Waals surface area contributed by atoms with Gasteiger partial charge in [-0.1, -0.05) is 97.1 Å². The number of amides is 2. The normalized spacial score (nSPS) is 14.6. The maximum Gasteiger partial charge on any atom is 0.243 e. The van der Waals surface area contributed by atoms with Crippen molar-refractivity contribution in [2.45, 2.75) is 76.9 Å². The predicted molar refractivity (Wildman–Crippen MR) is 174 cm³/mol. The van der Waals surface area contributed by atoms with Gasteiger partial charge in [0.05, 0.1) is 11.9 Å².